The van der Waals surface area contributed by atoms with Crippen LogP contribution >= 0.6 is 0 Å². The van der Waals surface area contributed by atoms with E-state index in [9.17, 15) is 9.59 Å². The molecule has 1 aliphatic rings. The fourth-order valence-corrected chi connectivity index (χ4v) is 4.73. The molecule has 0 spiro atoms. The third kappa shape index (κ3) is 4.85. The third-order valence-electron chi connectivity index (χ3n) is 6.60. The fraction of sp³-hybridized carbons (Fsp3) is 0.370. The maximum Gasteiger partial charge on any atom is 0.247 e. The molecule has 172 valence electrons. The van der Waals surface area contributed by atoms with Gasteiger partial charge in [0.2, 0.25) is 11.8 Å². The van der Waals surface area contributed by atoms with E-state index in [4.69, 9.17) is 0 Å². The summed E-state index contributed by atoms with van der Waals surface area (Å²) >= 11 is 0. The summed E-state index contributed by atoms with van der Waals surface area (Å²) in [5.41, 5.74) is 4.35. The Balaban J connectivity index is 1.61. The lowest BCUT2D eigenvalue weighted by Gasteiger charge is -2.27. The Morgan fingerprint density at radius 2 is 1.79 bits per heavy atom. The maximum absolute atomic E-state index is 13.4. The van der Waals surface area contributed by atoms with Gasteiger partial charge in [0.05, 0.1) is 5.92 Å². The first-order chi connectivity index (χ1) is 16.0. The second-order valence-corrected chi connectivity index (χ2v) is 8.72. The van der Waals surface area contributed by atoms with Gasteiger partial charge in [-0.3, -0.25) is 14.3 Å². The van der Waals surface area contributed by atoms with Gasteiger partial charge >= 0.3 is 0 Å². The van der Waals surface area contributed by atoms with Crippen LogP contribution in [0.5, 0.6) is 0 Å². The number of aryl methyl sites for hydroxylation is 1. The van der Waals surface area contributed by atoms with Gasteiger partial charge < -0.3 is 9.80 Å². The molecule has 0 radical (unpaired) electrons. The number of nitrogens with zero attached hydrogens (tertiary/aromatic N) is 4. The molecule has 0 unspecified atom stereocenters. The van der Waals surface area contributed by atoms with E-state index >= 15 is 0 Å². The molecule has 2 atom stereocenters. The van der Waals surface area contributed by atoms with Crippen molar-refractivity contribution in [2.45, 2.75) is 33.2 Å². The largest absolute Gasteiger partial charge is 0.341 e. The molecule has 33 heavy (non-hydrogen) atoms. The molecule has 1 fully saturated rings. The van der Waals surface area contributed by atoms with Crippen molar-refractivity contribution < 1.29 is 9.59 Å². The summed E-state index contributed by atoms with van der Waals surface area (Å²) in [6.07, 6.45) is 2.31. The van der Waals surface area contributed by atoms with Gasteiger partial charge in [0, 0.05) is 38.1 Å². The minimum atomic E-state index is -0.402. The van der Waals surface area contributed by atoms with E-state index in [1.54, 1.807) is 10.9 Å². The van der Waals surface area contributed by atoms with Crippen LogP contribution in [0.1, 0.15) is 31.1 Å². The molecule has 6 nitrogen and oxygen atoms in total. The van der Waals surface area contributed by atoms with Gasteiger partial charge in [-0.25, -0.2) is 0 Å². The molecule has 0 aliphatic carbocycles. The Hall–Kier alpha value is -3.41. The molecule has 1 aliphatic heterocycles. The molecule has 6 heteroatoms. The first-order valence-corrected chi connectivity index (χ1v) is 11.7. The van der Waals surface area contributed by atoms with Crippen LogP contribution in [0.3, 0.4) is 0 Å². The van der Waals surface area contributed by atoms with Crippen LogP contribution in [0.4, 0.5) is 0 Å². The highest BCUT2D eigenvalue weighted by atomic mass is 16.2. The van der Waals surface area contributed by atoms with E-state index in [-0.39, 0.29) is 17.7 Å². The Morgan fingerprint density at radius 1 is 1.06 bits per heavy atom. The van der Waals surface area contributed by atoms with Crippen molar-refractivity contribution in [3.8, 4) is 11.1 Å². The van der Waals surface area contributed by atoms with Gasteiger partial charge in [0.15, 0.2) is 0 Å². The summed E-state index contributed by atoms with van der Waals surface area (Å²) in [6.45, 7) is 7.99. The van der Waals surface area contributed by atoms with E-state index in [1.165, 1.54) is 0 Å². The van der Waals surface area contributed by atoms with Crippen LogP contribution < -0.4 is 0 Å². The lowest BCUT2D eigenvalue weighted by molar-refractivity contribution is -0.136. The summed E-state index contributed by atoms with van der Waals surface area (Å²) in [7, 11) is 0. The summed E-state index contributed by atoms with van der Waals surface area (Å²) in [5, 5.41) is 4.32. The molecule has 0 bridgehead atoms. The number of carbonyl (C=O) groups excluding carboxylic acids is 2. The number of likely N-dealkylation sites (N-methyl/N-ethyl adjacent to an activating group) is 1. The molecule has 2 amide bonds. The zero-order valence-corrected chi connectivity index (χ0v) is 19.6. The maximum atomic E-state index is 13.4. The lowest BCUT2D eigenvalue weighted by atomic mass is 9.91. The standard InChI is InChI=1S/C27H32N4O2/c1-4-29-16-17-30(26(32)21(3)31-20(2)14-15-28-31)19-24(27(29)33)18-23-12-8-9-13-25(23)22-10-6-5-7-11-22/h5-15,21,24H,4,16-19H2,1-3H3/t21-,24-/m1/s1. The first-order valence-electron chi connectivity index (χ1n) is 11.7. The van der Waals surface area contributed by atoms with Gasteiger partial charge in [0.1, 0.15) is 6.04 Å². The molecule has 1 aromatic heterocycles. The summed E-state index contributed by atoms with van der Waals surface area (Å²) < 4.78 is 1.76. The van der Waals surface area contributed by atoms with Crippen LogP contribution in [0.2, 0.25) is 0 Å². The first kappa shape index (κ1) is 22.8. The van der Waals surface area contributed by atoms with Gasteiger partial charge in [-0.1, -0.05) is 54.6 Å². The SMILES string of the molecule is CCN1CCN(C(=O)[C@@H](C)n2nccc2C)C[C@@H](Cc2ccccc2-c2ccccc2)C1=O. The van der Waals surface area contributed by atoms with E-state index < -0.39 is 6.04 Å². The van der Waals surface area contributed by atoms with Crippen molar-refractivity contribution in [3.05, 3.63) is 78.1 Å². The Morgan fingerprint density at radius 3 is 2.48 bits per heavy atom. The normalized spacial score (nSPS) is 17.7. The molecule has 0 saturated carbocycles. The highest BCUT2D eigenvalue weighted by Gasteiger charge is 2.34. The highest BCUT2D eigenvalue weighted by molar-refractivity contribution is 5.84. The third-order valence-corrected chi connectivity index (χ3v) is 6.60. The van der Waals surface area contributed by atoms with Crippen molar-refractivity contribution >= 4 is 11.8 Å². The van der Waals surface area contributed by atoms with Crippen molar-refractivity contribution in [1.29, 1.82) is 0 Å². The predicted molar refractivity (Wildman–Crippen MR) is 130 cm³/mol. The van der Waals surface area contributed by atoms with Crippen molar-refractivity contribution in [1.82, 2.24) is 19.6 Å². The highest BCUT2D eigenvalue weighted by Crippen LogP contribution is 2.27. The zero-order valence-electron chi connectivity index (χ0n) is 19.6. The minimum absolute atomic E-state index is 0.00824. The zero-order chi connectivity index (χ0) is 23.4. The van der Waals surface area contributed by atoms with Crippen LogP contribution in [0.15, 0.2) is 66.9 Å². The van der Waals surface area contributed by atoms with Gasteiger partial charge in [-0.15, -0.1) is 0 Å². The summed E-state index contributed by atoms with van der Waals surface area (Å²) in [5.74, 6) is -0.153. The van der Waals surface area contributed by atoms with E-state index in [0.29, 0.717) is 32.6 Å². The number of carbonyl (C=O) groups is 2. The van der Waals surface area contributed by atoms with Crippen molar-refractivity contribution in [2.24, 2.45) is 5.92 Å². The number of hydrogen-bond acceptors (Lipinski definition) is 3. The topological polar surface area (TPSA) is 58.4 Å². The molecular formula is C27H32N4O2. The van der Waals surface area contributed by atoms with Crippen LogP contribution in [-0.4, -0.2) is 57.6 Å². The number of benzene rings is 2. The van der Waals surface area contributed by atoms with Crippen LogP contribution in [-0.2, 0) is 16.0 Å². The number of amides is 2. The molecular weight excluding hydrogens is 412 g/mol. The predicted octanol–water partition coefficient (Wildman–Crippen LogP) is 3.97. The molecule has 0 N–H and O–H groups in total. The van der Waals surface area contributed by atoms with Gasteiger partial charge in [-0.05, 0) is 49.9 Å². The van der Waals surface area contributed by atoms with Gasteiger partial charge in [0.25, 0.3) is 0 Å². The molecule has 1 saturated heterocycles. The van der Waals surface area contributed by atoms with Crippen molar-refractivity contribution in [2.75, 3.05) is 26.2 Å². The average Bonchev–Trinajstić information content (AvgIpc) is 3.21. The summed E-state index contributed by atoms with van der Waals surface area (Å²) in [6, 6.07) is 20.0. The second kappa shape index (κ2) is 10.0. The number of aromatic nitrogens is 2. The van der Waals surface area contributed by atoms with Crippen molar-refractivity contribution in [3.63, 3.8) is 0 Å². The second-order valence-electron chi connectivity index (χ2n) is 8.72. The fourth-order valence-electron chi connectivity index (χ4n) is 4.73. The number of hydrogen-bond donors (Lipinski definition) is 0. The summed E-state index contributed by atoms with van der Waals surface area (Å²) in [4.78, 5) is 30.6. The van der Waals surface area contributed by atoms with E-state index in [2.05, 4.69) is 29.4 Å². The van der Waals surface area contributed by atoms with Gasteiger partial charge in [-0.2, -0.15) is 5.10 Å². The quantitative estimate of drug-likeness (QED) is 0.578. The van der Waals surface area contributed by atoms with Crippen LogP contribution in [0.25, 0.3) is 11.1 Å². The van der Waals surface area contributed by atoms with E-state index in [0.717, 1.165) is 22.4 Å². The Bertz CT molecular complexity index is 1110. The lowest BCUT2D eigenvalue weighted by Crippen LogP contribution is -2.41. The average molecular weight is 445 g/mol. The molecule has 2 heterocycles. The smallest absolute Gasteiger partial charge is 0.247 e. The minimum Gasteiger partial charge on any atom is -0.341 e. The monoisotopic (exact) mass is 444 g/mol. The Kier molecular flexibility index (Phi) is 6.92. The molecule has 4 rings (SSSR count). The molecule has 3 aromatic rings. The van der Waals surface area contributed by atoms with E-state index in [1.807, 2.05) is 67.0 Å². The Labute approximate surface area is 195 Å². The molecule has 2 aromatic carbocycles. The van der Waals surface area contributed by atoms with Crippen LogP contribution in [0, 0.1) is 12.8 Å². The number of rotatable bonds is 6.